The van der Waals surface area contributed by atoms with E-state index in [0.29, 0.717) is 24.4 Å². The lowest BCUT2D eigenvalue weighted by atomic mass is 10.7. The van der Waals surface area contributed by atoms with Crippen LogP contribution in [0.2, 0.25) is 0 Å². The Morgan fingerprint density at radius 2 is 2.12 bits per heavy atom. The van der Waals surface area contributed by atoms with Gasteiger partial charge >= 0.3 is 0 Å². The Morgan fingerprint density at radius 1 is 1.29 bits per heavy atom. The van der Waals surface area contributed by atoms with Gasteiger partial charge in [0, 0.05) is 26.0 Å². The lowest BCUT2D eigenvalue weighted by Crippen LogP contribution is -2.13. The van der Waals surface area contributed by atoms with Crippen LogP contribution in [0.25, 0.3) is 5.95 Å². The average molecular weight is 235 g/mol. The molecule has 0 fully saturated rings. The SMILES string of the molecule is CNc1nc(NCCO)nc(-n2ccnc2)n1. The lowest BCUT2D eigenvalue weighted by Gasteiger charge is -2.07. The third-order valence-electron chi connectivity index (χ3n) is 1.98. The first-order valence-electron chi connectivity index (χ1n) is 5.10. The molecule has 2 aromatic heterocycles. The number of hydrogen-bond donors (Lipinski definition) is 3. The van der Waals surface area contributed by atoms with Crippen LogP contribution in [0.3, 0.4) is 0 Å². The second-order valence-corrected chi connectivity index (χ2v) is 3.15. The topological polar surface area (TPSA) is 101 Å². The van der Waals surface area contributed by atoms with E-state index in [1.165, 1.54) is 0 Å². The lowest BCUT2D eigenvalue weighted by molar-refractivity contribution is 0.311. The Labute approximate surface area is 97.8 Å². The smallest absolute Gasteiger partial charge is 0.241 e. The van der Waals surface area contributed by atoms with Crippen LogP contribution in [-0.2, 0) is 0 Å². The number of nitrogens with one attached hydrogen (secondary N) is 2. The fourth-order valence-corrected chi connectivity index (χ4v) is 1.22. The molecule has 0 aliphatic carbocycles. The summed E-state index contributed by atoms with van der Waals surface area (Å²) in [6, 6.07) is 0. The molecule has 0 radical (unpaired) electrons. The van der Waals surface area contributed by atoms with E-state index in [2.05, 4.69) is 30.6 Å². The zero-order chi connectivity index (χ0) is 12.1. The van der Waals surface area contributed by atoms with Crippen LogP contribution >= 0.6 is 0 Å². The van der Waals surface area contributed by atoms with E-state index in [1.807, 2.05) is 0 Å². The normalized spacial score (nSPS) is 10.2. The summed E-state index contributed by atoms with van der Waals surface area (Å²) in [6.07, 6.45) is 4.98. The van der Waals surface area contributed by atoms with E-state index < -0.39 is 0 Å². The standard InChI is InChI=1S/C9H13N7O/c1-10-7-13-8(12-3-5-17)15-9(14-7)16-4-2-11-6-16/h2,4,6,17H,3,5H2,1H3,(H2,10,12,13,14,15). The number of aromatic nitrogens is 5. The van der Waals surface area contributed by atoms with Crippen molar-refractivity contribution < 1.29 is 5.11 Å². The first kappa shape index (κ1) is 11.3. The van der Waals surface area contributed by atoms with Crippen LogP contribution in [0.4, 0.5) is 11.9 Å². The summed E-state index contributed by atoms with van der Waals surface area (Å²) in [5, 5.41) is 14.5. The summed E-state index contributed by atoms with van der Waals surface area (Å²) in [7, 11) is 1.73. The number of hydrogen-bond acceptors (Lipinski definition) is 7. The van der Waals surface area contributed by atoms with Crippen LogP contribution in [-0.4, -0.2) is 49.8 Å². The average Bonchev–Trinajstić information content (AvgIpc) is 2.89. The number of nitrogens with zero attached hydrogens (tertiary/aromatic N) is 5. The molecule has 0 saturated heterocycles. The number of anilines is 2. The fourth-order valence-electron chi connectivity index (χ4n) is 1.22. The second kappa shape index (κ2) is 5.21. The van der Waals surface area contributed by atoms with Crippen molar-refractivity contribution in [3.05, 3.63) is 18.7 Å². The highest BCUT2D eigenvalue weighted by molar-refractivity contribution is 5.37. The molecular weight excluding hydrogens is 222 g/mol. The van der Waals surface area contributed by atoms with Crippen molar-refractivity contribution in [2.75, 3.05) is 30.8 Å². The van der Waals surface area contributed by atoms with Gasteiger partial charge in [-0.1, -0.05) is 0 Å². The summed E-state index contributed by atoms with van der Waals surface area (Å²) >= 11 is 0. The molecule has 0 aliphatic heterocycles. The van der Waals surface area contributed by atoms with Crippen LogP contribution < -0.4 is 10.6 Å². The molecule has 0 unspecified atom stereocenters. The number of aliphatic hydroxyl groups is 1. The Balaban J connectivity index is 2.32. The molecule has 2 rings (SSSR count). The maximum atomic E-state index is 8.74. The van der Waals surface area contributed by atoms with Crippen molar-refractivity contribution in [3.8, 4) is 5.95 Å². The van der Waals surface area contributed by atoms with Gasteiger partial charge in [-0.25, -0.2) is 4.98 Å². The molecule has 8 heteroatoms. The van der Waals surface area contributed by atoms with Gasteiger partial charge < -0.3 is 15.7 Å². The van der Waals surface area contributed by atoms with E-state index in [4.69, 9.17) is 5.11 Å². The maximum absolute atomic E-state index is 8.74. The molecule has 0 spiro atoms. The van der Waals surface area contributed by atoms with Gasteiger partial charge in [0.2, 0.25) is 17.8 Å². The molecule has 0 saturated carbocycles. The summed E-state index contributed by atoms with van der Waals surface area (Å²) in [6.45, 7) is 0.400. The zero-order valence-corrected chi connectivity index (χ0v) is 9.33. The molecule has 8 nitrogen and oxygen atoms in total. The van der Waals surface area contributed by atoms with Gasteiger partial charge in [-0.3, -0.25) is 4.57 Å². The number of rotatable bonds is 5. The van der Waals surface area contributed by atoms with Crippen molar-refractivity contribution in [2.45, 2.75) is 0 Å². The second-order valence-electron chi connectivity index (χ2n) is 3.15. The quantitative estimate of drug-likeness (QED) is 0.642. The number of imidazole rings is 1. The zero-order valence-electron chi connectivity index (χ0n) is 9.33. The third-order valence-corrected chi connectivity index (χ3v) is 1.98. The Kier molecular flexibility index (Phi) is 3.46. The fraction of sp³-hybridized carbons (Fsp3) is 0.333. The highest BCUT2D eigenvalue weighted by Gasteiger charge is 2.06. The van der Waals surface area contributed by atoms with Gasteiger partial charge in [0.25, 0.3) is 0 Å². The van der Waals surface area contributed by atoms with Gasteiger partial charge in [0.15, 0.2) is 0 Å². The van der Waals surface area contributed by atoms with Crippen LogP contribution in [0.15, 0.2) is 18.7 Å². The highest BCUT2D eigenvalue weighted by atomic mass is 16.3. The van der Waals surface area contributed by atoms with Crippen molar-refractivity contribution in [3.63, 3.8) is 0 Å². The molecule has 0 amide bonds. The molecule has 0 atom stereocenters. The van der Waals surface area contributed by atoms with Crippen LogP contribution in [0.5, 0.6) is 0 Å². The van der Waals surface area contributed by atoms with Gasteiger partial charge in [0.1, 0.15) is 6.33 Å². The first-order chi connectivity index (χ1) is 8.33. The minimum Gasteiger partial charge on any atom is -0.395 e. The van der Waals surface area contributed by atoms with Crippen LogP contribution in [0.1, 0.15) is 0 Å². The molecule has 0 aromatic carbocycles. The molecule has 90 valence electrons. The predicted octanol–water partition coefficient (Wildman–Crippen LogP) is -0.497. The Bertz CT molecular complexity index is 470. The summed E-state index contributed by atoms with van der Waals surface area (Å²) in [5.74, 6) is 1.31. The molecule has 17 heavy (non-hydrogen) atoms. The van der Waals surface area contributed by atoms with Crippen molar-refractivity contribution in [1.29, 1.82) is 0 Å². The molecule has 0 bridgehead atoms. The minimum atomic E-state index is 0.0149. The van der Waals surface area contributed by atoms with Crippen molar-refractivity contribution >= 4 is 11.9 Å². The minimum absolute atomic E-state index is 0.0149. The molecule has 3 N–H and O–H groups in total. The van der Waals surface area contributed by atoms with E-state index in [0.717, 1.165) is 0 Å². The van der Waals surface area contributed by atoms with Gasteiger partial charge in [-0.15, -0.1) is 0 Å². The van der Waals surface area contributed by atoms with Crippen molar-refractivity contribution in [2.24, 2.45) is 0 Å². The molecular formula is C9H13N7O. The monoisotopic (exact) mass is 235 g/mol. The Morgan fingerprint density at radius 3 is 2.76 bits per heavy atom. The first-order valence-corrected chi connectivity index (χ1v) is 5.10. The predicted molar refractivity (Wildman–Crippen MR) is 62.1 cm³/mol. The third kappa shape index (κ3) is 2.67. The Hall–Kier alpha value is -2.22. The van der Waals surface area contributed by atoms with E-state index >= 15 is 0 Å². The molecule has 2 aromatic rings. The summed E-state index contributed by atoms with van der Waals surface area (Å²) in [5.41, 5.74) is 0. The van der Waals surface area contributed by atoms with Crippen LogP contribution in [0, 0.1) is 0 Å². The van der Waals surface area contributed by atoms with E-state index in [1.54, 1.807) is 30.3 Å². The van der Waals surface area contributed by atoms with Gasteiger partial charge in [0.05, 0.1) is 6.61 Å². The molecule has 0 aliphatic rings. The van der Waals surface area contributed by atoms with E-state index in [-0.39, 0.29) is 6.61 Å². The summed E-state index contributed by atoms with van der Waals surface area (Å²) in [4.78, 5) is 16.4. The van der Waals surface area contributed by atoms with Gasteiger partial charge in [-0.05, 0) is 0 Å². The molecule has 2 heterocycles. The van der Waals surface area contributed by atoms with Crippen molar-refractivity contribution in [1.82, 2.24) is 24.5 Å². The number of aliphatic hydroxyl groups excluding tert-OH is 1. The maximum Gasteiger partial charge on any atom is 0.241 e. The largest absolute Gasteiger partial charge is 0.395 e. The van der Waals surface area contributed by atoms with Gasteiger partial charge in [-0.2, -0.15) is 15.0 Å². The highest BCUT2D eigenvalue weighted by Crippen LogP contribution is 2.08. The van der Waals surface area contributed by atoms with E-state index in [9.17, 15) is 0 Å². The summed E-state index contributed by atoms with van der Waals surface area (Å²) < 4.78 is 1.67.